The lowest BCUT2D eigenvalue weighted by Gasteiger charge is -2.43. The van der Waals surface area contributed by atoms with Gasteiger partial charge >= 0.3 is 0 Å². The molecule has 1 aliphatic carbocycles. The van der Waals surface area contributed by atoms with Crippen molar-refractivity contribution < 1.29 is 4.74 Å². The molecule has 5 rings (SSSR count). The maximum Gasteiger partial charge on any atom is 0.120 e. The van der Waals surface area contributed by atoms with Crippen LogP contribution in [-0.2, 0) is 13.0 Å². The van der Waals surface area contributed by atoms with Crippen molar-refractivity contribution in [1.82, 2.24) is 9.80 Å². The van der Waals surface area contributed by atoms with Gasteiger partial charge in [-0.3, -0.25) is 9.80 Å². The van der Waals surface area contributed by atoms with Gasteiger partial charge in [0.1, 0.15) is 12.4 Å². The van der Waals surface area contributed by atoms with Gasteiger partial charge in [-0.1, -0.05) is 92.1 Å². The Morgan fingerprint density at radius 1 is 0.694 bits per heavy atom. The third kappa shape index (κ3) is 7.73. The Morgan fingerprint density at radius 2 is 1.33 bits per heavy atom. The first-order chi connectivity index (χ1) is 16.8. The summed E-state index contributed by atoms with van der Waals surface area (Å²) >= 11 is 0. The van der Waals surface area contributed by atoms with Crippen LogP contribution >= 0.6 is 24.8 Å². The molecule has 1 atom stereocenters. The molecule has 1 saturated heterocycles. The molecule has 3 aromatic carbocycles. The highest BCUT2D eigenvalue weighted by Gasteiger charge is 2.29. The van der Waals surface area contributed by atoms with Crippen LogP contribution in [0.3, 0.4) is 0 Å². The average Bonchev–Trinajstić information content (AvgIpc) is 2.92. The van der Waals surface area contributed by atoms with E-state index in [2.05, 4.69) is 88.7 Å². The Labute approximate surface area is 229 Å². The van der Waals surface area contributed by atoms with Crippen molar-refractivity contribution in [3.63, 3.8) is 0 Å². The van der Waals surface area contributed by atoms with Crippen LogP contribution in [0.4, 0.5) is 0 Å². The Balaban J connectivity index is 0.00000180. The molecule has 0 bridgehead atoms. The molecule has 2 fully saturated rings. The summed E-state index contributed by atoms with van der Waals surface area (Å²) in [6.07, 6.45) is 8.08. The van der Waals surface area contributed by atoms with Crippen LogP contribution in [-0.4, -0.2) is 42.0 Å². The number of hydrogen-bond acceptors (Lipinski definition) is 3. The molecule has 2 aliphatic rings. The van der Waals surface area contributed by atoms with Gasteiger partial charge in [0.05, 0.1) is 0 Å². The predicted molar refractivity (Wildman–Crippen MR) is 155 cm³/mol. The normalized spacial score (nSPS) is 18.0. The average molecular weight is 528 g/mol. The van der Waals surface area contributed by atoms with Crippen molar-refractivity contribution in [1.29, 1.82) is 0 Å². The first kappa shape index (κ1) is 28.5. The molecule has 0 aromatic heterocycles. The van der Waals surface area contributed by atoms with E-state index in [1.54, 1.807) is 0 Å². The second kappa shape index (κ2) is 14.6. The van der Waals surface area contributed by atoms with Crippen molar-refractivity contribution >= 4 is 24.8 Å². The smallest absolute Gasteiger partial charge is 0.120 e. The van der Waals surface area contributed by atoms with E-state index in [4.69, 9.17) is 4.74 Å². The van der Waals surface area contributed by atoms with E-state index in [0.717, 1.165) is 31.3 Å². The zero-order valence-corrected chi connectivity index (χ0v) is 22.8. The number of nitrogens with zero attached hydrogens (tertiary/aromatic N) is 2. The first-order valence-corrected chi connectivity index (χ1v) is 13.1. The minimum Gasteiger partial charge on any atom is -0.489 e. The summed E-state index contributed by atoms with van der Waals surface area (Å²) in [5.74, 6) is 0.954. The van der Waals surface area contributed by atoms with Crippen LogP contribution in [0.25, 0.3) is 0 Å². The number of ether oxygens (including phenoxy) is 1. The van der Waals surface area contributed by atoms with Crippen molar-refractivity contribution in [2.45, 2.75) is 57.2 Å². The Hall–Kier alpha value is -2.04. The molecule has 0 N–H and O–H groups in total. The Morgan fingerprint density at radius 3 is 2.03 bits per heavy atom. The van der Waals surface area contributed by atoms with E-state index < -0.39 is 0 Å². The van der Waals surface area contributed by atoms with Crippen LogP contribution in [0, 0.1) is 0 Å². The number of rotatable bonds is 8. The summed E-state index contributed by atoms with van der Waals surface area (Å²) in [4.78, 5) is 5.49. The molecular weight excluding hydrogens is 487 g/mol. The number of piperazine rings is 1. The second-order valence-corrected chi connectivity index (χ2v) is 9.92. The van der Waals surface area contributed by atoms with Crippen LogP contribution < -0.4 is 4.74 Å². The summed E-state index contributed by atoms with van der Waals surface area (Å²) in [6, 6.07) is 31.4. The first-order valence-electron chi connectivity index (χ1n) is 13.1. The molecule has 1 unspecified atom stereocenters. The molecule has 0 radical (unpaired) electrons. The molecule has 1 aliphatic heterocycles. The van der Waals surface area contributed by atoms with Gasteiger partial charge in [-0.15, -0.1) is 24.8 Å². The minimum absolute atomic E-state index is 0. The van der Waals surface area contributed by atoms with Gasteiger partial charge in [-0.2, -0.15) is 0 Å². The Kier molecular flexibility index (Phi) is 11.6. The molecule has 5 heteroatoms. The van der Waals surface area contributed by atoms with Crippen LogP contribution in [0.1, 0.15) is 54.8 Å². The minimum atomic E-state index is 0. The lowest BCUT2D eigenvalue weighted by atomic mass is 9.93. The number of hydrogen-bond donors (Lipinski definition) is 0. The largest absolute Gasteiger partial charge is 0.489 e. The highest BCUT2D eigenvalue weighted by atomic mass is 35.5. The molecule has 1 saturated carbocycles. The molecule has 3 aromatic rings. The summed E-state index contributed by atoms with van der Waals surface area (Å²) < 4.78 is 6.13. The fourth-order valence-corrected chi connectivity index (χ4v) is 5.72. The lowest BCUT2D eigenvalue weighted by molar-refractivity contribution is 0.0559. The molecule has 1 heterocycles. The van der Waals surface area contributed by atoms with Crippen LogP contribution in [0.5, 0.6) is 5.75 Å². The fourth-order valence-electron chi connectivity index (χ4n) is 5.72. The van der Waals surface area contributed by atoms with Gasteiger partial charge in [0, 0.05) is 38.3 Å². The van der Waals surface area contributed by atoms with Crippen molar-refractivity contribution in [2.24, 2.45) is 0 Å². The number of halogens is 2. The summed E-state index contributed by atoms with van der Waals surface area (Å²) in [5, 5.41) is 0. The molecule has 3 nitrogen and oxygen atoms in total. The van der Waals surface area contributed by atoms with E-state index >= 15 is 0 Å². The van der Waals surface area contributed by atoms with E-state index in [9.17, 15) is 0 Å². The summed E-state index contributed by atoms with van der Waals surface area (Å²) in [6.45, 7) is 5.32. The maximum absolute atomic E-state index is 6.13. The Bertz CT molecular complexity index is 1000. The molecule has 36 heavy (non-hydrogen) atoms. The highest BCUT2D eigenvalue weighted by molar-refractivity contribution is 5.85. The quantitative estimate of drug-likeness (QED) is 0.305. The summed E-state index contributed by atoms with van der Waals surface area (Å²) in [7, 11) is 0. The van der Waals surface area contributed by atoms with E-state index in [0.29, 0.717) is 12.6 Å². The van der Waals surface area contributed by atoms with Gasteiger partial charge < -0.3 is 4.74 Å². The zero-order chi connectivity index (χ0) is 23.0. The van der Waals surface area contributed by atoms with E-state index in [1.165, 1.54) is 61.9 Å². The van der Waals surface area contributed by atoms with Crippen LogP contribution in [0.2, 0.25) is 0 Å². The SMILES string of the molecule is Cl.Cl.c1ccc(COc2cccc(CC(c3ccccc3)N3CCN(C4CCCCC4)CC3)c2)cc1. The number of benzene rings is 3. The molecule has 194 valence electrons. The standard InChI is InChI=1S/C31H38N2O.2ClH/c1-4-11-26(12-5-1)25-34-30-18-10-13-27(23-30)24-31(28-14-6-2-7-15-28)33-21-19-32(20-22-33)29-16-8-3-9-17-29;;/h1-2,4-7,10-15,18,23,29,31H,3,8-9,16-17,19-22,24-25H2;2*1H. The van der Waals surface area contributed by atoms with Gasteiger partial charge in [0.2, 0.25) is 0 Å². The lowest BCUT2D eigenvalue weighted by Crippen LogP contribution is -2.51. The predicted octanol–water partition coefficient (Wildman–Crippen LogP) is 7.34. The van der Waals surface area contributed by atoms with Crippen molar-refractivity contribution in [3.8, 4) is 5.75 Å². The van der Waals surface area contributed by atoms with E-state index in [1.807, 2.05) is 6.07 Å². The fraction of sp³-hybridized carbons (Fsp3) is 0.419. The van der Waals surface area contributed by atoms with Gasteiger partial charge in [0.15, 0.2) is 0 Å². The van der Waals surface area contributed by atoms with Crippen LogP contribution in [0.15, 0.2) is 84.9 Å². The highest BCUT2D eigenvalue weighted by Crippen LogP contribution is 2.30. The van der Waals surface area contributed by atoms with Gasteiger partial charge in [-0.25, -0.2) is 0 Å². The second-order valence-electron chi connectivity index (χ2n) is 9.92. The third-order valence-corrected chi connectivity index (χ3v) is 7.64. The monoisotopic (exact) mass is 526 g/mol. The molecule has 0 amide bonds. The van der Waals surface area contributed by atoms with Gasteiger partial charge in [-0.05, 0) is 48.1 Å². The van der Waals surface area contributed by atoms with Crippen molar-refractivity contribution in [2.75, 3.05) is 26.2 Å². The zero-order valence-electron chi connectivity index (χ0n) is 21.1. The topological polar surface area (TPSA) is 15.7 Å². The molecule has 0 spiro atoms. The van der Waals surface area contributed by atoms with Crippen molar-refractivity contribution in [3.05, 3.63) is 102 Å². The summed E-state index contributed by atoms with van der Waals surface area (Å²) in [5.41, 5.74) is 3.96. The third-order valence-electron chi connectivity index (χ3n) is 7.64. The van der Waals surface area contributed by atoms with E-state index in [-0.39, 0.29) is 24.8 Å². The maximum atomic E-state index is 6.13. The molecular formula is C31H40Cl2N2O. The van der Waals surface area contributed by atoms with Gasteiger partial charge in [0.25, 0.3) is 0 Å².